The third kappa shape index (κ3) is 4.74. The molecule has 3 atom stereocenters. The summed E-state index contributed by atoms with van der Waals surface area (Å²) >= 11 is 0. The Labute approximate surface area is 210 Å². The molecule has 9 heteroatoms. The number of benzene rings is 1. The Morgan fingerprint density at radius 2 is 1.83 bits per heavy atom. The lowest BCUT2D eigenvalue weighted by molar-refractivity contribution is 0.0174. The van der Waals surface area contributed by atoms with Gasteiger partial charge in [-0.1, -0.05) is 38.1 Å². The molecule has 1 aliphatic heterocycles. The van der Waals surface area contributed by atoms with Crippen LogP contribution in [0.4, 0.5) is 14.5 Å². The summed E-state index contributed by atoms with van der Waals surface area (Å²) < 4.78 is 30.6. The number of nitrogens with zero attached hydrogens (tertiary/aromatic N) is 6. The first-order valence-electron chi connectivity index (χ1n) is 12.5. The molecule has 0 spiro atoms. The average molecular weight is 497 g/mol. The molecule has 7 nitrogen and oxygen atoms in total. The summed E-state index contributed by atoms with van der Waals surface area (Å²) in [5, 5.41) is 13.8. The van der Waals surface area contributed by atoms with Gasteiger partial charge in [0.2, 0.25) is 0 Å². The molecule has 2 aromatic heterocycles. The number of anilines is 1. The Bertz CT molecular complexity index is 1320. The van der Waals surface area contributed by atoms with E-state index in [1.54, 1.807) is 28.6 Å². The molecular weight excluding hydrogens is 462 g/mol. The maximum atomic E-state index is 13.7. The van der Waals surface area contributed by atoms with Gasteiger partial charge in [0.25, 0.3) is 11.5 Å². The van der Waals surface area contributed by atoms with Crippen LogP contribution >= 0.6 is 0 Å². The van der Waals surface area contributed by atoms with E-state index in [9.17, 15) is 13.6 Å². The van der Waals surface area contributed by atoms with E-state index in [1.807, 2.05) is 12.1 Å². The third-order valence-corrected chi connectivity index (χ3v) is 7.56. The van der Waals surface area contributed by atoms with Crippen molar-refractivity contribution in [2.24, 2.45) is 7.05 Å². The lowest BCUT2D eigenvalue weighted by atomic mass is 9.95. The molecule has 3 heterocycles. The summed E-state index contributed by atoms with van der Waals surface area (Å²) in [6, 6.07) is 10.8. The average Bonchev–Trinajstić information content (AvgIpc) is 3.29. The van der Waals surface area contributed by atoms with Gasteiger partial charge in [0, 0.05) is 56.8 Å². The van der Waals surface area contributed by atoms with Gasteiger partial charge < -0.3 is 9.47 Å². The molecule has 192 valence electrons. The van der Waals surface area contributed by atoms with Crippen LogP contribution in [0.5, 0.6) is 0 Å². The zero-order chi connectivity index (χ0) is 26.2. The van der Waals surface area contributed by atoms with Crippen LogP contribution in [-0.4, -0.2) is 44.4 Å². The lowest BCUT2D eigenvalue weighted by Crippen LogP contribution is -2.58. The number of piperazine rings is 1. The molecule has 36 heavy (non-hydrogen) atoms. The second kappa shape index (κ2) is 10.0. The zero-order valence-corrected chi connectivity index (χ0v) is 21.6. The Balaban J connectivity index is 1.68. The number of aryl methyl sites for hydroxylation is 1. The van der Waals surface area contributed by atoms with Crippen LogP contribution in [0.25, 0.3) is 11.0 Å². The van der Waals surface area contributed by atoms with E-state index in [0.29, 0.717) is 5.52 Å². The summed E-state index contributed by atoms with van der Waals surface area (Å²) in [6.07, 6.45) is 3.53. The largest absolute Gasteiger partial charge is 0.364 e. The summed E-state index contributed by atoms with van der Waals surface area (Å²) in [7, 11) is 1.72. The molecular formula is C27H34F2N6O. The van der Waals surface area contributed by atoms with Crippen molar-refractivity contribution in [1.29, 1.82) is 5.26 Å². The highest BCUT2D eigenvalue weighted by Gasteiger charge is 2.36. The minimum Gasteiger partial charge on any atom is -0.364 e. The van der Waals surface area contributed by atoms with Gasteiger partial charge >= 0.3 is 0 Å². The number of hydrogen-bond donors (Lipinski definition) is 0. The number of alkyl halides is 2. The van der Waals surface area contributed by atoms with Gasteiger partial charge in [-0.15, -0.1) is 0 Å². The fourth-order valence-electron chi connectivity index (χ4n) is 5.31. The summed E-state index contributed by atoms with van der Waals surface area (Å²) in [5.74, 6) is -2.86. The molecule has 1 unspecified atom stereocenters. The molecule has 1 aliphatic rings. The number of pyridine rings is 1. The number of aromatic nitrogens is 3. The van der Waals surface area contributed by atoms with Gasteiger partial charge in [0.15, 0.2) is 0 Å². The lowest BCUT2D eigenvalue weighted by Gasteiger charge is -2.49. The Kier molecular flexibility index (Phi) is 7.19. The molecule has 0 saturated carbocycles. The Morgan fingerprint density at radius 1 is 1.17 bits per heavy atom. The van der Waals surface area contributed by atoms with Crippen molar-refractivity contribution in [3.63, 3.8) is 0 Å². The van der Waals surface area contributed by atoms with E-state index < -0.39 is 5.92 Å². The predicted molar refractivity (Wildman–Crippen MR) is 137 cm³/mol. The molecule has 0 bridgehead atoms. The highest BCUT2D eigenvalue weighted by Crippen LogP contribution is 2.35. The molecule has 0 N–H and O–H groups in total. The summed E-state index contributed by atoms with van der Waals surface area (Å²) in [6.45, 7) is 8.94. The predicted octanol–water partition coefficient (Wildman–Crippen LogP) is 4.81. The van der Waals surface area contributed by atoms with Crippen LogP contribution in [-0.2, 0) is 19.5 Å². The van der Waals surface area contributed by atoms with E-state index in [-0.39, 0.29) is 35.8 Å². The first-order chi connectivity index (χ1) is 17.1. The highest BCUT2D eigenvalue weighted by molar-refractivity contribution is 5.88. The molecule has 0 radical (unpaired) electrons. The van der Waals surface area contributed by atoms with Crippen molar-refractivity contribution in [3.8, 4) is 6.07 Å². The van der Waals surface area contributed by atoms with Gasteiger partial charge in [-0.2, -0.15) is 10.4 Å². The van der Waals surface area contributed by atoms with E-state index in [4.69, 9.17) is 5.26 Å². The normalized spacial score (nSPS) is 20.0. The van der Waals surface area contributed by atoms with Crippen molar-refractivity contribution in [2.45, 2.75) is 71.1 Å². The van der Waals surface area contributed by atoms with Crippen LogP contribution in [0.1, 0.15) is 57.7 Å². The van der Waals surface area contributed by atoms with Crippen LogP contribution in [0.3, 0.4) is 0 Å². The zero-order valence-electron chi connectivity index (χ0n) is 21.6. The van der Waals surface area contributed by atoms with Crippen molar-refractivity contribution in [1.82, 2.24) is 19.2 Å². The number of fused-ring (bicyclic) bond motifs is 1. The molecule has 4 rings (SSSR count). The summed E-state index contributed by atoms with van der Waals surface area (Å²) in [5.41, 5.74) is 3.15. The van der Waals surface area contributed by atoms with Crippen LogP contribution in [0.15, 0.2) is 41.3 Å². The van der Waals surface area contributed by atoms with Gasteiger partial charge in [-0.25, -0.2) is 8.78 Å². The SMILES string of the molecule is CC[C@H]1CN(C(C)c2ccc(C(C)(F)F)cc2)[C@H](CC)CN1c1cc(=O)n(C)c2cn(CC#N)nc12. The van der Waals surface area contributed by atoms with Crippen molar-refractivity contribution < 1.29 is 8.78 Å². The second-order valence-corrected chi connectivity index (χ2v) is 9.81. The quantitative estimate of drug-likeness (QED) is 0.470. The van der Waals surface area contributed by atoms with Gasteiger partial charge in [-0.3, -0.25) is 14.4 Å². The number of halogens is 2. The molecule has 0 amide bonds. The fourth-order valence-corrected chi connectivity index (χ4v) is 5.31. The minimum atomic E-state index is -2.86. The Morgan fingerprint density at radius 3 is 2.42 bits per heavy atom. The molecule has 3 aromatic rings. The third-order valence-electron chi connectivity index (χ3n) is 7.56. The van der Waals surface area contributed by atoms with E-state index in [2.05, 4.69) is 41.7 Å². The molecule has 0 aliphatic carbocycles. The number of rotatable bonds is 7. The number of hydrogen-bond acceptors (Lipinski definition) is 5. The number of nitriles is 1. The molecule has 1 fully saturated rings. The van der Waals surface area contributed by atoms with Gasteiger partial charge in [0.1, 0.15) is 12.1 Å². The molecule has 1 saturated heterocycles. The van der Waals surface area contributed by atoms with Crippen LogP contribution in [0, 0.1) is 11.3 Å². The van der Waals surface area contributed by atoms with Crippen molar-refractivity contribution in [3.05, 3.63) is 58.0 Å². The van der Waals surface area contributed by atoms with E-state index in [0.717, 1.165) is 49.6 Å². The second-order valence-electron chi connectivity index (χ2n) is 9.81. The maximum absolute atomic E-state index is 13.7. The smallest absolute Gasteiger partial charge is 0.270 e. The first kappa shape index (κ1) is 25.8. The van der Waals surface area contributed by atoms with E-state index >= 15 is 0 Å². The standard InChI is InChI=1S/C27H34F2N6O/c1-6-21-16-35(23-14-25(36)32(5)24-17-33(13-12-30)31-26(23)24)22(7-2)15-34(21)18(3)19-8-10-20(11-9-19)27(4,28)29/h8-11,14,17-18,21-22H,6-7,13,15-16H2,1-5H3/t18?,21-,22+/m1/s1. The fraction of sp³-hybridized carbons (Fsp3) is 0.519. The first-order valence-corrected chi connectivity index (χ1v) is 12.5. The van der Waals surface area contributed by atoms with Gasteiger partial charge in [0.05, 0.1) is 23.5 Å². The maximum Gasteiger partial charge on any atom is 0.270 e. The van der Waals surface area contributed by atoms with Crippen LogP contribution < -0.4 is 10.5 Å². The highest BCUT2D eigenvalue weighted by atomic mass is 19.3. The van der Waals surface area contributed by atoms with Crippen molar-refractivity contribution >= 4 is 16.7 Å². The van der Waals surface area contributed by atoms with E-state index in [1.165, 1.54) is 12.1 Å². The Hall–Kier alpha value is -3.25. The van der Waals surface area contributed by atoms with Crippen LogP contribution in [0.2, 0.25) is 0 Å². The minimum absolute atomic E-state index is 0.0206. The summed E-state index contributed by atoms with van der Waals surface area (Å²) in [4.78, 5) is 17.6. The monoisotopic (exact) mass is 496 g/mol. The topological polar surface area (TPSA) is 70.1 Å². The van der Waals surface area contributed by atoms with Gasteiger partial charge in [-0.05, 0) is 25.3 Å². The molecule has 1 aromatic carbocycles. The van der Waals surface area contributed by atoms with Crippen molar-refractivity contribution in [2.75, 3.05) is 18.0 Å².